The smallest absolute Gasteiger partial charge is 0.0583 e. The van der Waals surface area contributed by atoms with Crippen LogP contribution in [0.4, 0.5) is 0 Å². The second-order valence-corrected chi connectivity index (χ2v) is 6.34. The van der Waals surface area contributed by atoms with Gasteiger partial charge in [-0.15, -0.1) is 0 Å². The zero-order valence-electron chi connectivity index (χ0n) is 11.9. The second kappa shape index (κ2) is 8.16. The molecular weight excluding hydrogens is 222 g/mol. The summed E-state index contributed by atoms with van der Waals surface area (Å²) in [7, 11) is 0. The van der Waals surface area contributed by atoms with Crippen molar-refractivity contribution in [2.24, 2.45) is 5.92 Å². The third-order valence-corrected chi connectivity index (χ3v) is 4.90. The van der Waals surface area contributed by atoms with Gasteiger partial charge in [-0.1, -0.05) is 51.4 Å². The van der Waals surface area contributed by atoms with E-state index in [0.717, 1.165) is 13.0 Å². The normalized spacial score (nSPS) is 36.8. The van der Waals surface area contributed by atoms with Crippen molar-refractivity contribution >= 4 is 0 Å². The molecule has 0 aromatic carbocycles. The molecule has 0 spiro atoms. The molecule has 3 unspecified atom stereocenters. The number of rotatable bonds is 1. The summed E-state index contributed by atoms with van der Waals surface area (Å²) in [5, 5.41) is 14.1. The molecule has 2 rings (SSSR count). The predicted molar refractivity (Wildman–Crippen MR) is 76.7 cm³/mol. The maximum atomic E-state index is 10.5. The first kappa shape index (κ1) is 14.3. The van der Waals surface area contributed by atoms with Crippen molar-refractivity contribution in [1.82, 2.24) is 5.32 Å². The van der Waals surface area contributed by atoms with Gasteiger partial charge in [-0.05, 0) is 32.2 Å². The predicted octanol–water partition coefficient (Wildman–Crippen LogP) is 3.63. The van der Waals surface area contributed by atoms with Crippen LogP contribution in [0.5, 0.6) is 0 Å². The van der Waals surface area contributed by atoms with Crippen LogP contribution >= 0.6 is 0 Å². The minimum atomic E-state index is -0.0555. The summed E-state index contributed by atoms with van der Waals surface area (Å²) in [5.41, 5.74) is 0. The molecule has 2 nitrogen and oxygen atoms in total. The fourth-order valence-corrected chi connectivity index (χ4v) is 3.75. The summed E-state index contributed by atoms with van der Waals surface area (Å²) in [6, 6.07) is 0.600. The Morgan fingerprint density at radius 3 is 1.89 bits per heavy atom. The standard InChI is InChI=1S/C16H31NO/c18-16-12-8-6-4-2-1-3-5-7-10-14(16)15-11-9-13-17-15/h14-18H,1-13H2. The second-order valence-electron chi connectivity index (χ2n) is 6.34. The molecule has 0 bridgehead atoms. The Bertz CT molecular complexity index is 213. The van der Waals surface area contributed by atoms with E-state index < -0.39 is 0 Å². The van der Waals surface area contributed by atoms with E-state index in [4.69, 9.17) is 0 Å². The third kappa shape index (κ3) is 4.55. The largest absolute Gasteiger partial charge is 0.393 e. The quantitative estimate of drug-likeness (QED) is 0.748. The van der Waals surface area contributed by atoms with Crippen LogP contribution in [-0.2, 0) is 0 Å². The zero-order valence-corrected chi connectivity index (χ0v) is 11.9. The van der Waals surface area contributed by atoms with E-state index in [2.05, 4.69) is 5.32 Å². The molecule has 1 saturated carbocycles. The molecule has 3 atom stereocenters. The summed E-state index contributed by atoms with van der Waals surface area (Å²) in [6.45, 7) is 1.16. The molecule has 106 valence electrons. The van der Waals surface area contributed by atoms with Gasteiger partial charge in [-0.25, -0.2) is 0 Å². The number of aliphatic hydroxyl groups excluding tert-OH is 1. The van der Waals surface area contributed by atoms with Gasteiger partial charge in [0.05, 0.1) is 6.10 Å². The lowest BCUT2D eigenvalue weighted by Gasteiger charge is -2.29. The fourth-order valence-electron chi connectivity index (χ4n) is 3.75. The molecule has 1 aliphatic carbocycles. The molecule has 2 heteroatoms. The number of hydrogen-bond acceptors (Lipinski definition) is 2. The molecular formula is C16H31NO. The fraction of sp³-hybridized carbons (Fsp3) is 1.00. The highest BCUT2D eigenvalue weighted by Crippen LogP contribution is 2.27. The van der Waals surface area contributed by atoms with Crippen molar-refractivity contribution in [3.8, 4) is 0 Å². The molecule has 1 aliphatic heterocycles. The van der Waals surface area contributed by atoms with Crippen molar-refractivity contribution in [3.05, 3.63) is 0 Å². The third-order valence-electron chi connectivity index (χ3n) is 4.90. The van der Waals surface area contributed by atoms with E-state index >= 15 is 0 Å². The molecule has 2 N–H and O–H groups in total. The van der Waals surface area contributed by atoms with Crippen molar-refractivity contribution in [3.63, 3.8) is 0 Å². The molecule has 2 fully saturated rings. The Kier molecular flexibility index (Phi) is 6.50. The first-order chi connectivity index (χ1) is 8.88. The van der Waals surface area contributed by atoms with Crippen molar-refractivity contribution in [2.75, 3.05) is 6.54 Å². The van der Waals surface area contributed by atoms with E-state index in [-0.39, 0.29) is 6.10 Å². The van der Waals surface area contributed by atoms with Crippen LogP contribution in [0.25, 0.3) is 0 Å². The Labute approximate surface area is 113 Å². The van der Waals surface area contributed by atoms with Gasteiger partial charge in [-0.2, -0.15) is 0 Å². The molecule has 0 aromatic rings. The molecule has 0 amide bonds. The monoisotopic (exact) mass is 253 g/mol. The number of nitrogens with one attached hydrogen (secondary N) is 1. The molecule has 1 saturated heterocycles. The molecule has 0 radical (unpaired) electrons. The lowest BCUT2D eigenvalue weighted by Crippen LogP contribution is -2.38. The van der Waals surface area contributed by atoms with Crippen LogP contribution in [0.2, 0.25) is 0 Å². The Morgan fingerprint density at radius 2 is 1.28 bits per heavy atom. The Morgan fingerprint density at radius 1 is 0.667 bits per heavy atom. The number of hydrogen-bond donors (Lipinski definition) is 2. The van der Waals surface area contributed by atoms with E-state index in [9.17, 15) is 5.11 Å². The van der Waals surface area contributed by atoms with Gasteiger partial charge in [0, 0.05) is 12.0 Å². The zero-order chi connectivity index (χ0) is 12.6. The highest BCUT2D eigenvalue weighted by Gasteiger charge is 2.29. The molecule has 18 heavy (non-hydrogen) atoms. The van der Waals surface area contributed by atoms with Crippen molar-refractivity contribution in [2.45, 2.75) is 89.2 Å². The minimum absolute atomic E-state index is 0.0555. The highest BCUT2D eigenvalue weighted by molar-refractivity contribution is 4.86. The van der Waals surface area contributed by atoms with Gasteiger partial charge in [0.25, 0.3) is 0 Å². The first-order valence-corrected chi connectivity index (χ1v) is 8.29. The average molecular weight is 253 g/mol. The topological polar surface area (TPSA) is 32.3 Å². The van der Waals surface area contributed by atoms with E-state index in [1.165, 1.54) is 70.6 Å². The number of aliphatic hydroxyl groups is 1. The summed E-state index contributed by atoms with van der Waals surface area (Å²) in [6.07, 6.45) is 15.6. The van der Waals surface area contributed by atoms with Gasteiger partial charge >= 0.3 is 0 Å². The van der Waals surface area contributed by atoms with Crippen LogP contribution in [0.1, 0.15) is 77.0 Å². The average Bonchev–Trinajstić information content (AvgIpc) is 2.87. The molecule has 0 aromatic heterocycles. The lowest BCUT2D eigenvalue weighted by molar-refractivity contribution is 0.0705. The maximum Gasteiger partial charge on any atom is 0.0583 e. The van der Waals surface area contributed by atoms with Crippen LogP contribution in [-0.4, -0.2) is 23.8 Å². The van der Waals surface area contributed by atoms with Gasteiger partial charge in [-0.3, -0.25) is 0 Å². The summed E-state index contributed by atoms with van der Waals surface area (Å²) in [4.78, 5) is 0. The van der Waals surface area contributed by atoms with Crippen molar-refractivity contribution in [1.29, 1.82) is 0 Å². The van der Waals surface area contributed by atoms with Gasteiger partial charge in [0.15, 0.2) is 0 Å². The first-order valence-electron chi connectivity index (χ1n) is 8.29. The SMILES string of the molecule is OC1CCCCCCCCCCC1C1CCCN1. The maximum absolute atomic E-state index is 10.5. The summed E-state index contributed by atoms with van der Waals surface area (Å²) < 4.78 is 0. The van der Waals surface area contributed by atoms with Gasteiger partial charge in [0.1, 0.15) is 0 Å². The van der Waals surface area contributed by atoms with Crippen LogP contribution in [0.15, 0.2) is 0 Å². The van der Waals surface area contributed by atoms with Crippen LogP contribution in [0.3, 0.4) is 0 Å². The molecule has 2 aliphatic rings. The van der Waals surface area contributed by atoms with Crippen LogP contribution in [0, 0.1) is 5.92 Å². The summed E-state index contributed by atoms with van der Waals surface area (Å²) >= 11 is 0. The summed E-state index contributed by atoms with van der Waals surface area (Å²) in [5.74, 6) is 0.520. The van der Waals surface area contributed by atoms with Crippen LogP contribution < -0.4 is 5.32 Å². The molecule has 1 heterocycles. The van der Waals surface area contributed by atoms with Gasteiger partial charge in [0.2, 0.25) is 0 Å². The Balaban J connectivity index is 1.85. The lowest BCUT2D eigenvalue weighted by atomic mass is 9.84. The van der Waals surface area contributed by atoms with E-state index in [0.29, 0.717) is 12.0 Å². The Hall–Kier alpha value is -0.0800. The van der Waals surface area contributed by atoms with E-state index in [1.54, 1.807) is 0 Å². The minimum Gasteiger partial charge on any atom is -0.393 e. The van der Waals surface area contributed by atoms with Gasteiger partial charge < -0.3 is 10.4 Å². The van der Waals surface area contributed by atoms with Crippen molar-refractivity contribution < 1.29 is 5.11 Å². The highest BCUT2D eigenvalue weighted by atomic mass is 16.3. The van der Waals surface area contributed by atoms with E-state index in [1.807, 2.05) is 0 Å².